The van der Waals surface area contributed by atoms with E-state index in [0.29, 0.717) is 11.4 Å². The molecule has 3 rings (SSSR count). The molecule has 9 heteroatoms. The number of pyridine rings is 1. The fourth-order valence-corrected chi connectivity index (χ4v) is 1.83. The van der Waals surface area contributed by atoms with Gasteiger partial charge in [-0.2, -0.15) is 5.10 Å². The predicted octanol–water partition coefficient (Wildman–Crippen LogP) is 1.33. The Kier molecular flexibility index (Phi) is 4.43. The van der Waals surface area contributed by atoms with Crippen molar-refractivity contribution in [2.45, 2.75) is 0 Å². The van der Waals surface area contributed by atoms with Crippen LogP contribution in [0, 0.1) is 0 Å². The zero-order chi connectivity index (χ0) is 16.8. The van der Waals surface area contributed by atoms with Crippen molar-refractivity contribution in [1.82, 2.24) is 31.0 Å². The molecule has 0 spiro atoms. The Morgan fingerprint density at radius 3 is 2.50 bits per heavy atom. The monoisotopic (exact) mass is 323 g/mol. The van der Waals surface area contributed by atoms with Crippen molar-refractivity contribution in [3.63, 3.8) is 0 Å². The summed E-state index contributed by atoms with van der Waals surface area (Å²) in [4.78, 5) is 31.7. The van der Waals surface area contributed by atoms with Crippen molar-refractivity contribution in [2.75, 3.05) is 5.32 Å². The maximum Gasteiger partial charge on any atom is 0.337 e. The Morgan fingerprint density at radius 2 is 1.75 bits per heavy atom. The minimum atomic E-state index is -0.632. The van der Waals surface area contributed by atoms with Crippen molar-refractivity contribution in [3.8, 4) is 11.5 Å². The summed E-state index contributed by atoms with van der Waals surface area (Å²) < 4.78 is 0. The molecule has 0 fully saturated rings. The molecule has 1 aromatic carbocycles. The molecule has 3 aromatic rings. The summed E-state index contributed by atoms with van der Waals surface area (Å²) in [5.74, 6) is -0.391. The average molecular weight is 323 g/mol. The van der Waals surface area contributed by atoms with E-state index in [2.05, 4.69) is 36.3 Å². The number of anilines is 1. The molecule has 0 saturated carbocycles. The first-order chi connectivity index (χ1) is 11.7. The van der Waals surface area contributed by atoms with Gasteiger partial charge in [-0.05, 0) is 24.3 Å². The van der Waals surface area contributed by atoms with Crippen LogP contribution in [0.15, 0.2) is 54.7 Å². The molecule has 0 aliphatic heterocycles. The number of aromatic amines is 1. The predicted molar refractivity (Wildman–Crippen MR) is 85.7 cm³/mol. The van der Waals surface area contributed by atoms with Crippen molar-refractivity contribution in [2.24, 2.45) is 0 Å². The molecule has 0 saturated heterocycles. The van der Waals surface area contributed by atoms with Gasteiger partial charge in [0, 0.05) is 11.9 Å². The van der Waals surface area contributed by atoms with Crippen LogP contribution in [0.25, 0.3) is 11.5 Å². The standard InChI is InChI=1S/C15H13N7O2/c23-14(21-22-15(24)17-10-6-2-1-3-7-10)13-18-12(19-20-13)11-8-4-5-9-16-11/h1-9H,(H,21,23)(H2,17,22,24)(H,18,19,20). The second kappa shape index (κ2) is 7.01. The molecule has 2 heterocycles. The fraction of sp³-hybridized carbons (Fsp3) is 0. The summed E-state index contributed by atoms with van der Waals surface area (Å²) in [7, 11) is 0. The summed E-state index contributed by atoms with van der Waals surface area (Å²) in [6.45, 7) is 0. The van der Waals surface area contributed by atoms with E-state index in [1.54, 1.807) is 48.7 Å². The lowest BCUT2D eigenvalue weighted by molar-refractivity contribution is 0.0928. The van der Waals surface area contributed by atoms with E-state index in [-0.39, 0.29) is 11.6 Å². The molecule has 9 nitrogen and oxygen atoms in total. The summed E-state index contributed by atoms with van der Waals surface area (Å²) in [6.07, 6.45) is 1.60. The third-order valence-corrected chi connectivity index (χ3v) is 2.92. The summed E-state index contributed by atoms with van der Waals surface area (Å²) >= 11 is 0. The molecule has 120 valence electrons. The van der Waals surface area contributed by atoms with Crippen LogP contribution in [0.3, 0.4) is 0 Å². The highest BCUT2D eigenvalue weighted by Crippen LogP contribution is 2.09. The number of hydrogen-bond donors (Lipinski definition) is 4. The number of rotatable bonds is 3. The number of urea groups is 1. The number of para-hydroxylation sites is 1. The van der Waals surface area contributed by atoms with Crippen molar-refractivity contribution < 1.29 is 9.59 Å². The first-order valence-electron chi connectivity index (χ1n) is 6.98. The van der Waals surface area contributed by atoms with E-state index in [9.17, 15) is 9.59 Å². The van der Waals surface area contributed by atoms with Crippen LogP contribution in [0.5, 0.6) is 0 Å². The molecule has 0 radical (unpaired) electrons. The number of benzene rings is 1. The van der Waals surface area contributed by atoms with Crippen LogP contribution in [0.4, 0.5) is 10.5 Å². The van der Waals surface area contributed by atoms with Gasteiger partial charge >= 0.3 is 11.9 Å². The first-order valence-corrected chi connectivity index (χ1v) is 6.98. The Morgan fingerprint density at radius 1 is 0.958 bits per heavy atom. The minimum Gasteiger partial charge on any atom is -0.307 e. The molecule has 0 aliphatic rings. The Balaban J connectivity index is 1.56. The molecule has 0 unspecified atom stereocenters. The number of hydrazine groups is 1. The summed E-state index contributed by atoms with van der Waals surface area (Å²) in [5, 5.41) is 8.97. The highest BCUT2D eigenvalue weighted by Gasteiger charge is 2.14. The zero-order valence-electron chi connectivity index (χ0n) is 12.4. The van der Waals surface area contributed by atoms with E-state index in [4.69, 9.17) is 0 Å². The van der Waals surface area contributed by atoms with E-state index < -0.39 is 11.9 Å². The van der Waals surface area contributed by atoms with Crippen molar-refractivity contribution >= 4 is 17.6 Å². The number of hydrogen-bond acceptors (Lipinski definition) is 5. The number of aromatic nitrogens is 4. The molecule has 3 amide bonds. The van der Waals surface area contributed by atoms with Gasteiger partial charge in [0.25, 0.3) is 0 Å². The molecule has 2 aromatic heterocycles. The largest absolute Gasteiger partial charge is 0.337 e. The smallest absolute Gasteiger partial charge is 0.307 e. The van der Waals surface area contributed by atoms with Crippen LogP contribution in [-0.4, -0.2) is 32.1 Å². The number of nitrogens with zero attached hydrogens (tertiary/aromatic N) is 3. The van der Waals surface area contributed by atoms with Gasteiger partial charge in [-0.1, -0.05) is 24.3 Å². The number of H-pyrrole nitrogens is 1. The summed E-state index contributed by atoms with van der Waals surface area (Å²) in [5.41, 5.74) is 5.58. The van der Waals surface area contributed by atoms with E-state index in [1.807, 2.05) is 6.07 Å². The van der Waals surface area contributed by atoms with Crippen molar-refractivity contribution in [1.29, 1.82) is 0 Å². The second-order valence-corrected chi connectivity index (χ2v) is 4.62. The third kappa shape index (κ3) is 3.71. The Labute approximate surface area is 136 Å². The van der Waals surface area contributed by atoms with Gasteiger partial charge in [-0.3, -0.25) is 20.3 Å². The number of nitrogens with one attached hydrogen (secondary N) is 4. The molecule has 0 aliphatic carbocycles. The van der Waals surface area contributed by atoms with Gasteiger partial charge < -0.3 is 5.32 Å². The number of carbonyl (C=O) groups is 2. The van der Waals surface area contributed by atoms with E-state index in [1.165, 1.54) is 0 Å². The molecule has 24 heavy (non-hydrogen) atoms. The van der Waals surface area contributed by atoms with E-state index in [0.717, 1.165) is 0 Å². The topological polar surface area (TPSA) is 125 Å². The molecular formula is C15H13N7O2. The van der Waals surface area contributed by atoms with Crippen LogP contribution in [-0.2, 0) is 0 Å². The maximum atomic E-state index is 11.9. The Bertz CT molecular complexity index is 833. The van der Waals surface area contributed by atoms with E-state index >= 15 is 0 Å². The molecule has 4 N–H and O–H groups in total. The number of carbonyl (C=O) groups excluding carboxylic acids is 2. The van der Waals surface area contributed by atoms with Crippen LogP contribution in [0.2, 0.25) is 0 Å². The maximum absolute atomic E-state index is 11.9. The lowest BCUT2D eigenvalue weighted by atomic mass is 10.3. The van der Waals surface area contributed by atoms with Gasteiger partial charge in [0.2, 0.25) is 5.82 Å². The highest BCUT2D eigenvalue weighted by molar-refractivity contribution is 5.94. The zero-order valence-corrected chi connectivity index (χ0v) is 12.4. The first kappa shape index (κ1) is 15.2. The molecule has 0 bridgehead atoms. The van der Waals surface area contributed by atoms with Gasteiger partial charge in [-0.15, -0.1) is 0 Å². The molecular weight excluding hydrogens is 310 g/mol. The molecule has 0 atom stereocenters. The third-order valence-electron chi connectivity index (χ3n) is 2.92. The minimum absolute atomic E-state index is 0.0457. The Hall–Kier alpha value is -3.75. The lowest BCUT2D eigenvalue weighted by Crippen LogP contribution is -2.44. The van der Waals surface area contributed by atoms with Gasteiger partial charge in [0.1, 0.15) is 5.69 Å². The van der Waals surface area contributed by atoms with Crippen molar-refractivity contribution in [3.05, 3.63) is 60.6 Å². The fourth-order valence-electron chi connectivity index (χ4n) is 1.83. The average Bonchev–Trinajstić information content (AvgIpc) is 3.11. The second-order valence-electron chi connectivity index (χ2n) is 4.62. The number of amides is 3. The quantitative estimate of drug-likeness (QED) is 0.541. The summed E-state index contributed by atoms with van der Waals surface area (Å²) in [6, 6.07) is 13.5. The normalized spacial score (nSPS) is 10.0. The van der Waals surface area contributed by atoms with Gasteiger partial charge in [0.15, 0.2) is 5.82 Å². The SMILES string of the molecule is O=C(NNC(=O)c1nc(-c2ccccn2)n[nH]1)Nc1ccccc1. The van der Waals surface area contributed by atoms with Gasteiger partial charge in [-0.25, -0.2) is 15.2 Å². The lowest BCUT2D eigenvalue weighted by Gasteiger charge is -2.07. The highest BCUT2D eigenvalue weighted by atomic mass is 16.2. The van der Waals surface area contributed by atoms with Crippen LogP contribution >= 0.6 is 0 Å². The van der Waals surface area contributed by atoms with Gasteiger partial charge in [0.05, 0.1) is 0 Å². The van der Waals surface area contributed by atoms with Crippen LogP contribution in [0.1, 0.15) is 10.6 Å². The van der Waals surface area contributed by atoms with Crippen LogP contribution < -0.4 is 16.2 Å².